The van der Waals surface area contributed by atoms with Gasteiger partial charge in [0.05, 0.1) is 33.0 Å². The summed E-state index contributed by atoms with van der Waals surface area (Å²) in [5.41, 5.74) is -0.296. The normalized spacial score (nSPS) is 12.7. The summed E-state index contributed by atoms with van der Waals surface area (Å²) >= 11 is 0. The summed E-state index contributed by atoms with van der Waals surface area (Å²) in [5.74, 6) is 0.162. The number of carbonyl (C=O) groups excluding carboxylic acids is 1. The zero-order valence-corrected chi connectivity index (χ0v) is 17.7. The molecule has 0 aromatic heterocycles. The lowest BCUT2D eigenvalue weighted by molar-refractivity contribution is -0.140. The van der Waals surface area contributed by atoms with E-state index in [-0.39, 0.29) is 16.9 Å². The van der Waals surface area contributed by atoms with Crippen LogP contribution in [0, 0.1) is 5.41 Å². The third kappa shape index (κ3) is 11.5. The number of methoxy groups -OCH3 is 1. The van der Waals surface area contributed by atoms with E-state index in [2.05, 4.69) is 32.7 Å². The van der Waals surface area contributed by atoms with Crippen LogP contribution in [0.3, 0.4) is 0 Å². The van der Waals surface area contributed by atoms with Crippen molar-refractivity contribution in [3.05, 3.63) is 0 Å². The first-order valence-electron chi connectivity index (χ1n) is 9.15. The van der Waals surface area contributed by atoms with Gasteiger partial charge in [-0.25, -0.2) is 0 Å². The molecule has 0 aliphatic heterocycles. The Morgan fingerprint density at radius 2 is 1.32 bits per heavy atom. The van der Waals surface area contributed by atoms with Gasteiger partial charge in [0.1, 0.15) is 0 Å². The van der Waals surface area contributed by atoms with Crippen molar-refractivity contribution in [2.24, 2.45) is 5.41 Å². The fraction of sp³-hybridized carbons (Fsp3) is 0.947. The van der Waals surface area contributed by atoms with E-state index in [9.17, 15) is 4.79 Å². The van der Waals surface area contributed by atoms with E-state index in [1.807, 2.05) is 25.7 Å². The Kier molecular flexibility index (Phi) is 11.5. The molecule has 0 N–H and O–H groups in total. The van der Waals surface area contributed by atoms with E-state index in [4.69, 9.17) is 14.2 Å². The molecule has 0 aromatic rings. The van der Waals surface area contributed by atoms with Gasteiger partial charge in [-0.15, -0.1) is 0 Å². The predicted molar refractivity (Wildman–Crippen MR) is 102 cm³/mol. The Balaban J connectivity index is 4.31. The number of ether oxygens (including phenoxy) is 3. The summed E-state index contributed by atoms with van der Waals surface area (Å²) in [4.78, 5) is 16.9. The molecule has 6 heteroatoms. The van der Waals surface area contributed by atoms with Gasteiger partial charge in [0, 0.05) is 37.7 Å². The number of amides is 1. The lowest BCUT2D eigenvalue weighted by atomic mass is 9.94. The van der Waals surface area contributed by atoms with Gasteiger partial charge in [0.25, 0.3) is 0 Å². The minimum Gasteiger partial charge on any atom is -0.382 e. The maximum Gasteiger partial charge on any atom is 0.228 e. The van der Waals surface area contributed by atoms with Crippen molar-refractivity contribution in [2.75, 3.05) is 66.8 Å². The lowest BCUT2D eigenvalue weighted by Gasteiger charge is -2.35. The molecular weight excluding hydrogens is 320 g/mol. The molecule has 0 bridgehead atoms. The van der Waals surface area contributed by atoms with Gasteiger partial charge < -0.3 is 19.1 Å². The molecule has 0 rings (SSSR count). The van der Waals surface area contributed by atoms with Gasteiger partial charge in [-0.3, -0.25) is 9.69 Å². The van der Waals surface area contributed by atoms with E-state index in [0.29, 0.717) is 46.1 Å². The van der Waals surface area contributed by atoms with Gasteiger partial charge in [-0.2, -0.15) is 0 Å². The van der Waals surface area contributed by atoms with Gasteiger partial charge in [0.15, 0.2) is 0 Å². The maximum absolute atomic E-state index is 12.7. The second-order valence-corrected chi connectivity index (χ2v) is 8.35. The standard InChI is InChI=1S/C19H40N2O4/c1-18(2,3)17(22)21(10-9-20(7)19(4,5)6)11-12-24-15-16-25-14-13-23-8/h9-16H2,1-8H3. The molecule has 25 heavy (non-hydrogen) atoms. The molecule has 1 amide bonds. The molecule has 150 valence electrons. The van der Waals surface area contributed by atoms with Crippen molar-refractivity contribution in [2.45, 2.75) is 47.1 Å². The highest BCUT2D eigenvalue weighted by Gasteiger charge is 2.27. The molecule has 0 atom stereocenters. The Morgan fingerprint density at radius 1 is 0.800 bits per heavy atom. The molecule has 0 radical (unpaired) electrons. The highest BCUT2D eigenvalue weighted by Crippen LogP contribution is 2.18. The van der Waals surface area contributed by atoms with Crippen LogP contribution in [0.25, 0.3) is 0 Å². The van der Waals surface area contributed by atoms with E-state index >= 15 is 0 Å². The Hall–Kier alpha value is -0.690. The predicted octanol–water partition coefficient (Wildman–Crippen LogP) is 2.27. The molecule has 0 heterocycles. The van der Waals surface area contributed by atoms with Crippen LogP contribution in [0.15, 0.2) is 0 Å². The fourth-order valence-electron chi connectivity index (χ4n) is 2.03. The average molecular weight is 361 g/mol. The van der Waals surface area contributed by atoms with Crippen LogP contribution in [0.1, 0.15) is 41.5 Å². The number of carbonyl (C=O) groups is 1. The molecular formula is C19H40N2O4. The zero-order chi connectivity index (χ0) is 19.5. The second-order valence-electron chi connectivity index (χ2n) is 8.35. The quantitative estimate of drug-likeness (QED) is 0.500. The Labute approximate surface area is 154 Å². The van der Waals surface area contributed by atoms with Gasteiger partial charge in [-0.05, 0) is 27.8 Å². The molecule has 0 aromatic carbocycles. The summed E-state index contributed by atoms with van der Waals surface area (Å²) in [6, 6.07) is 0. The maximum atomic E-state index is 12.7. The molecule has 0 aliphatic rings. The van der Waals surface area contributed by atoms with Crippen LogP contribution in [-0.2, 0) is 19.0 Å². The van der Waals surface area contributed by atoms with Crippen molar-refractivity contribution in [3.8, 4) is 0 Å². The Bertz CT molecular complexity index is 361. The van der Waals surface area contributed by atoms with Crippen molar-refractivity contribution < 1.29 is 19.0 Å². The van der Waals surface area contributed by atoms with Crippen LogP contribution in [0.5, 0.6) is 0 Å². The van der Waals surface area contributed by atoms with Crippen molar-refractivity contribution in [3.63, 3.8) is 0 Å². The molecule has 0 unspecified atom stereocenters. The van der Waals surface area contributed by atoms with E-state index in [0.717, 1.165) is 6.54 Å². The largest absolute Gasteiger partial charge is 0.382 e. The minimum absolute atomic E-state index is 0.0898. The van der Waals surface area contributed by atoms with E-state index in [1.165, 1.54) is 0 Å². The number of nitrogens with zero attached hydrogens (tertiary/aromatic N) is 2. The summed E-state index contributed by atoms with van der Waals surface area (Å²) in [6.07, 6.45) is 0. The SMILES string of the molecule is COCCOCCOCCN(CCN(C)C(C)(C)C)C(=O)C(C)(C)C. The summed E-state index contributed by atoms with van der Waals surface area (Å²) < 4.78 is 15.9. The second kappa shape index (κ2) is 11.8. The topological polar surface area (TPSA) is 51.2 Å². The first kappa shape index (κ1) is 24.3. The third-order valence-corrected chi connectivity index (χ3v) is 4.09. The number of hydrogen-bond donors (Lipinski definition) is 0. The van der Waals surface area contributed by atoms with Crippen molar-refractivity contribution >= 4 is 5.91 Å². The van der Waals surface area contributed by atoms with Crippen LogP contribution in [0.4, 0.5) is 0 Å². The molecule has 0 saturated carbocycles. The van der Waals surface area contributed by atoms with Crippen LogP contribution < -0.4 is 0 Å². The van der Waals surface area contributed by atoms with Gasteiger partial charge in [-0.1, -0.05) is 20.8 Å². The van der Waals surface area contributed by atoms with Crippen molar-refractivity contribution in [1.82, 2.24) is 9.80 Å². The van der Waals surface area contributed by atoms with Crippen molar-refractivity contribution in [1.29, 1.82) is 0 Å². The van der Waals surface area contributed by atoms with E-state index in [1.54, 1.807) is 7.11 Å². The number of rotatable bonds is 12. The van der Waals surface area contributed by atoms with E-state index < -0.39 is 0 Å². The number of likely N-dealkylation sites (N-methyl/N-ethyl adjacent to an activating group) is 1. The molecule has 6 nitrogen and oxygen atoms in total. The molecule has 0 aliphatic carbocycles. The van der Waals surface area contributed by atoms with Crippen LogP contribution in [-0.4, -0.2) is 88.1 Å². The third-order valence-electron chi connectivity index (χ3n) is 4.09. The summed E-state index contributed by atoms with van der Waals surface area (Å²) in [5, 5.41) is 0. The highest BCUT2D eigenvalue weighted by molar-refractivity contribution is 5.81. The highest BCUT2D eigenvalue weighted by atomic mass is 16.5. The van der Waals surface area contributed by atoms with Crippen LogP contribution in [0.2, 0.25) is 0 Å². The zero-order valence-electron chi connectivity index (χ0n) is 17.7. The average Bonchev–Trinajstić information content (AvgIpc) is 2.50. The monoisotopic (exact) mass is 360 g/mol. The fourth-order valence-corrected chi connectivity index (χ4v) is 2.03. The first-order chi connectivity index (χ1) is 11.5. The smallest absolute Gasteiger partial charge is 0.228 e. The number of hydrogen-bond acceptors (Lipinski definition) is 5. The molecule has 0 saturated heterocycles. The van der Waals surface area contributed by atoms with Gasteiger partial charge >= 0.3 is 0 Å². The minimum atomic E-state index is -0.385. The lowest BCUT2D eigenvalue weighted by Crippen LogP contribution is -2.47. The first-order valence-corrected chi connectivity index (χ1v) is 9.15. The van der Waals surface area contributed by atoms with Gasteiger partial charge in [0.2, 0.25) is 5.91 Å². The molecule has 0 fully saturated rings. The Morgan fingerprint density at radius 3 is 1.80 bits per heavy atom. The molecule has 0 spiro atoms. The van der Waals surface area contributed by atoms with Crippen LogP contribution >= 0.6 is 0 Å². The summed E-state index contributed by atoms with van der Waals surface area (Å²) in [6.45, 7) is 17.3. The summed E-state index contributed by atoms with van der Waals surface area (Å²) in [7, 11) is 3.74.